The molecule has 1 unspecified atom stereocenters. The summed E-state index contributed by atoms with van der Waals surface area (Å²) >= 11 is 12.6. The number of rotatable bonds is 5. The van der Waals surface area contributed by atoms with E-state index in [0.717, 1.165) is 51.4 Å². The van der Waals surface area contributed by atoms with Crippen LogP contribution in [0.4, 0.5) is 0 Å². The lowest BCUT2D eigenvalue weighted by molar-refractivity contribution is 0.0977. The predicted molar refractivity (Wildman–Crippen MR) is 134 cm³/mol. The van der Waals surface area contributed by atoms with Crippen LogP contribution < -0.4 is 0 Å². The van der Waals surface area contributed by atoms with Gasteiger partial charge in [-0.25, -0.2) is 9.97 Å². The van der Waals surface area contributed by atoms with Gasteiger partial charge < -0.3 is 4.57 Å². The van der Waals surface area contributed by atoms with Crippen LogP contribution in [0.5, 0.6) is 0 Å². The van der Waals surface area contributed by atoms with Crippen molar-refractivity contribution in [2.75, 3.05) is 0 Å². The first-order chi connectivity index (χ1) is 15.9. The van der Waals surface area contributed by atoms with E-state index in [0.29, 0.717) is 22.2 Å². The zero-order valence-electron chi connectivity index (χ0n) is 18.7. The highest BCUT2D eigenvalue weighted by Gasteiger charge is 2.29. The molecule has 0 radical (unpaired) electrons. The van der Waals surface area contributed by atoms with Gasteiger partial charge in [0.25, 0.3) is 0 Å². The van der Waals surface area contributed by atoms with Gasteiger partial charge in [-0.15, -0.1) is 0 Å². The highest BCUT2D eigenvalue weighted by molar-refractivity contribution is 6.40. The Morgan fingerprint density at radius 1 is 1.06 bits per heavy atom. The number of hydrogen-bond donors (Lipinski definition) is 0. The van der Waals surface area contributed by atoms with E-state index in [4.69, 9.17) is 33.2 Å². The molecule has 0 N–H and O–H groups in total. The topological polar surface area (TPSA) is 47.8 Å². The van der Waals surface area contributed by atoms with Crippen LogP contribution in [0.15, 0.2) is 48.5 Å². The van der Waals surface area contributed by atoms with E-state index < -0.39 is 5.92 Å². The third kappa shape index (κ3) is 3.68. The Morgan fingerprint density at radius 2 is 1.79 bits per heavy atom. The van der Waals surface area contributed by atoms with Crippen molar-refractivity contribution in [1.29, 1.82) is 0 Å². The number of halogens is 2. The molecule has 1 aliphatic carbocycles. The van der Waals surface area contributed by atoms with Crippen LogP contribution in [-0.2, 0) is 13.0 Å². The summed E-state index contributed by atoms with van der Waals surface area (Å²) in [6, 6.07) is 13.3. The summed E-state index contributed by atoms with van der Waals surface area (Å²) in [5, 5.41) is 0.750. The fourth-order valence-corrected chi connectivity index (χ4v) is 5.30. The number of Topliss-reactive ketones (excluding diaryl/α,β-unsaturated/α-hetero) is 1. The zero-order chi connectivity index (χ0) is 23.3. The van der Waals surface area contributed by atoms with E-state index in [-0.39, 0.29) is 5.78 Å². The molecule has 0 fully saturated rings. The number of aromatic nitrogens is 3. The van der Waals surface area contributed by atoms with Crippen LogP contribution in [0.25, 0.3) is 17.2 Å². The second kappa shape index (κ2) is 8.44. The van der Waals surface area contributed by atoms with Gasteiger partial charge in [0.05, 0.1) is 28.1 Å². The Labute approximate surface area is 202 Å². The van der Waals surface area contributed by atoms with E-state index in [1.54, 1.807) is 18.2 Å². The fraction of sp³-hybridized carbons (Fsp3) is 0.222. The highest BCUT2D eigenvalue weighted by atomic mass is 35.5. The Kier molecular flexibility index (Phi) is 5.59. The van der Waals surface area contributed by atoms with Crippen molar-refractivity contribution in [1.82, 2.24) is 14.5 Å². The van der Waals surface area contributed by atoms with Crippen molar-refractivity contribution in [2.24, 2.45) is 0 Å². The average Bonchev–Trinajstić information content (AvgIpc) is 3.36. The minimum Gasteiger partial charge on any atom is -0.308 e. The normalized spacial score (nSPS) is 14.8. The Bertz CT molecular complexity index is 1430. The molecule has 5 rings (SSSR count). The van der Waals surface area contributed by atoms with Gasteiger partial charge in [-0.2, -0.15) is 0 Å². The summed E-state index contributed by atoms with van der Waals surface area (Å²) in [5.74, 6) is 0.499. The minimum atomic E-state index is -0.412. The number of allylic oxidation sites excluding steroid dienone is 1. The van der Waals surface area contributed by atoms with Crippen molar-refractivity contribution in [3.05, 3.63) is 97.9 Å². The number of imidazole rings is 1. The molecule has 0 spiro atoms. The molecular formula is C27H23Cl2N3O. The lowest BCUT2D eigenvalue weighted by Crippen LogP contribution is -2.12. The number of carbonyl (C=O) groups is 1. The Balaban J connectivity index is 1.56. The van der Waals surface area contributed by atoms with Crippen LogP contribution in [0, 0.1) is 13.8 Å². The van der Waals surface area contributed by atoms with Gasteiger partial charge in [-0.3, -0.25) is 4.79 Å². The number of aryl methyl sites for hydroxylation is 3. The molecule has 4 aromatic rings. The second-order valence-electron chi connectivity index (χ2n) is 8.44. The monoisotopic (exact) mass is 475 g/mol. The molecule has 0 bridgehead atoms. The van der Waals surface area contributed by atoms with Crippen molar-refractivity contribution >= 4 is 46.2 Å². The molecule has 1 atom stereocenters. The van der Waals surface area contributed by atoms with Crippen molar-refractivity contribution in [2.45, 2.75) is 39.7 Å². The van der Waals surface area contributed by atoms with Gasteiger partial charge in [-0.05, 0) is 54.3 Å². The van der Waals surface area contributed by atoms with Crippen LogP contribution in [0.2, 0.25) is 10.0 Å². The van der Waals surface area contributed by atoms with Crippen LogP contribution in [0.1, 0.15) is 57.0 Å². The molecule has 0 amide bonds. The number of nitrogens with zero attached hydrogens (tertiary/aromatic N) is 3. The van der Waals surface area contributed by atoms with E-state index in [1.165, 1.54) is 0 Å². The Morgan fingerprint density at radius 3 is 2.52 bits per heavy atom. The number of hydrogen-bond acceptors (Lipinski definition) is 3. The first-order valence-corrected chi connectivity index (χ1v) is 11.8. The van der Waals surface area contributed by atoms with Gasteiger partial charge >= 0.3 is 0 Å². The quantitative estimate of drug-likeness (QED) is 0.293. The Hall–Kier alpha value is -2.95. The first kappa shape index (κ1) is 21.9. The van der Waals surface area contributed by atoms with E-state index >= 15 is 0 Å². The lowest BCUT2D eigenvalue weighted by Gasteiger charge is -2.15. The molecule has 0 aliphatic heterocycles. The SMILES string of the molecule is CCc1nc2c(C)cc(C)nc2n1Cc1cccc2c1C=CC2C(=O)c1c(Cl)cccc1Cl. The number of benzene rings is 2. The predicted octanol–water partition coefficient (Wildman–Crippen LogP) is 6.96. The smallest absolute Gasteiger partial charge is 0.177 e. The summed E-state index contributed by atoms with van der Waals surface area (Å²) in [7, 11) is 0. The van der Waals surface area contributed by atoms with E-state index in [1.807, 2.05) is 31.2 Å². The lowest BCUT2D eigenvalue weighted by atomic mass is 9.91. The number of fused-ring (bicyclic) bond motifs is 2. The highest BCUT2D eigenvalue weighted by Crippen LogP contribution is 2.38. The summed E-state index contributed by atoms with van der Waals surface area (Å²) in [5.41, 5.74) is 7.48. The number of carbonyl (C=O) groups excluding carboxylic acids is 1. The molecule has 0 saturated carbocycles. The molecule has 1 aliphatic rings. The summed E-state index contributed by atoms with van der Waals surface area (Å²) in [4.78, 5) is 23.0. The molecule has 33 heavy (non-hydrogen) atoms. The maximum Gasteiger partial charge on any atom is 0.177 e. The van der Waals surface area contributed by atoms with Crippen LogP contribution in [-0.4, -0.2) is 20.3 Å². The van der Waals surface area contributed by atoms with Gasteiger partial charge in [0.2, 0.25) is 0 Å². The molecule has 4 nitrogen and oxygen atoms in total. The van der Waals surface area contributed by atoms with Crippen molar-refractivity contribution in [3.8, 4) is 0 Å². The van der Waals surface area contributed by atoms with Crippen molar-refractivity contribution < 1.29 is 4.79 Å². The van der Waals surface area contributed by atoms with Crippen molar-refractivity contribution in [3.63, 3.8) is 0 Å². The molecule has 0 saturated heterocycles. The molecule has 166 valence electrons. The van der Waals surface area contributed by atoms with Gasteiger partial charge in [0.1, 0.15) is 11.3 Å². The molecule has 2 heterocycles. The number of ketones is 1. The first-order valence-electron chi connectivity index (χ1n) is 11.0. The third-order valence-electron chi connectivity index (χ3n) is 6.26. The van der Waals surface area contributed by atoms with Gasteiger partial charge in [-0.1, -0.05) is 66.5 Å². The van der Waals surface area contributed by atoms with Crippen LogP contribution in [0.3, 0.4) is 0 Å². The van der Waals surface area contributed by atoms with Gasteiger partial charge in [0, 0.05) is 12.1 Å². The summed E-state index contributed by atoms with van der Waals surface area (Å²) in [6.07, 6.45) is 4.79. The molecular weight excluding hydrogens is 453 g/mol. The molecule has 6 heteroatoms. The standard InChI is InChI=1S/C27H23Cl2N3O/c1-4-23-31-25-15(2)13-16(3)30-27(25)32(23)14-17-7-5-8-19-18(17)11-12-20(19)26(33)24-21(28)9-6-10-22(24)29/h5-13,20H,4,14H2,1-3H3. The maximum atomic E-state index is 13.4. The van der Waals surface area contributed by atoms with E-state index in [2.05, 4.69) is 30.5 Å². The average molecular weight is 476 g/mol. The minimum absolute atomic E-state index is 0.0898. The second-order valence-corrected chi connectivity index (χ2v) is 9.25. The third-order valence-corrected chi connectivity index (χ3v) is 6.89. The maximum absolute atomic E-state index is 13.4. The van der Waals surface area contributed by atoms with Crippen LogP contribution >= 0.6 is 23.2 Å². The zero-order valence-corrected chi connectivity index (χ0v) is 20.2. The van der Waals surface area contributed by atoms with Gasteiger partial charge in [0.15, 0.2) is 11.4 Å². The summed E-state index contributed by atoms with van der Waals surface area (Å²) in [6.45, 7) is 6.83. The molecule has 2 aromatic carbocycles. The fourth-order valence-electron chi connectivity index (χ4n) is 4.71. The number of pyridine rings is 1. The summed E-state index contributed by atoms with van der Waals surface area (Å²) < 4.78 is 2.19. The van der Waals surface area contributed by atoms with E-state index in [9.17, 15) is 4.79 Å². The molecule has 2 aromatic heterocycles. The largest absolute Gasteiger partial charge is 0.308 e.